The lowest BCUT2D eigenvalue weighted by atomic mass is 10.0. The fourth-order valence-corrected chi connectivity index (χ4v) is 2.30. The van der Waals surface area contributed by atoms with Crippen LogP contribution in [0.3, 0.4) is 0 Å². The Morgan fingerprint density at radius 2 is 1.77 bits per heavy atom. The van der Waals surface area contributed by atoms with Gasteiger partial charge in [-0.2, -0.15) is 0 Å². The van der Waals surface area contributed by atoms with Gasteiger partial charge in [0.15, 0.2) is 0 Å². The van der Waals surface area contributed by atoms with E-state index in [1.54, 1.807) is 0 Å². The fourth-order valence-electron chi connectivity index (χ4n) is 2.30. The van der Waals surface area contributed by atoms with Gasteiger partial charge < -0.3 is 15.5 Å². The van der Waals surface area contributed by atoms with Crippen molar-refractivity contribution in [3.8, 4) is 0 Å². The fraction of sp³-hybridized carbons (Fsp3) is 0.611. The van der Waals surface area contributed by atoms with Crippen LogP contribution in [0.4, 0.5) is 4.79 Å². The third kappa shape index (κ3) is 6.48. The zero-order valence-corrected chi connectivity index (χ0v) is 14.6. The van der Waals surface area contributed by atoms with E-state index in [2.05, 4.69) is 60.6 Å². The average molecular weight is 305 g/mol. The lowest BCUT2D eigenvalue weighted by Gasteiger charge is -2.25. The van der Waals surface area contributed by atoms with Crippen molar-refractivity contribution < 1.29 is 4.79 Å². The smallest absolute Gasteiger partial charge is 0.314 e. The van der Waals surface area contributed by atoms with E-state index in [9.17, 15) is 4.79 Å². The number of amides is 2. The molecule has 4 nitrogen and oxygen atoms in total. The van der Waals surface area contributed by atoms with Crippen LogP contribution >= 0.6 is 0 Å². The molecule has 124 valence electrons. The molecule has 1 rings (SSSR count). The highest BCUT2D eigenvalue weighted by Crippen LogP contribution is 2.18. The Morgan fingerprint density at radius 3 is 2.27 bits per heavy atom. The number of hydrogen-bond acceptors (Lipinski definition) is 2. The predicted octanol–water partition coefficient (Wildman–Crippen LogP) is 3.20. The summed E-state index contributed by atoms with van der Waals surface area (Å²) in [4.78, 5) is 14.0. The SMILES string of the molecule is CCc1ccc(C(CNC(=O)NCCC(C)C)N(C)C)cc1. The first kappa shape index (κ1) is 18.5. The first-order valence-corrected chi connectivity index (χ1v) is 8.21. The highest BCUT2D eigenvalue weighted by atomic mass is 16.2. The molecule has 0 spiro atoms. The molecule has 4 heteroatoms. The minimum absolute atomic E-state index is 0.0855. The first-order valence-electron chi connectivity index (χ1n) is 8.21. The Bertz CT molecular complexity index is 440. The molecular weight excluding hydrogens is 274 g/mol. The highest BCUT2D eigenvalue weighted by molar-refractivity contribution is 5.73. The number of carbonyl (C=O) groups is 1. The van der Waals surface area contributed by atoms with Crippen molar-refractivity contribution in [3.63, 3.8) is 0 Å². The minimum atomic E-state index is -0.0855. The van der Waals surface area contributed by atoms with Gasteiger partial charge >= 0.3 is 6.03 Å². The van der Waals surface area contributed by atoms with Crippen LogP contribution in [-0.4, -0.2) is 38.1 Å². The molecule has 0 heterocycles. The van der Waals surface area contributed by atoms with Crippen LogP contribution in [0.25, 0.3) is 0 Å². The average Bonchev–Trinajstić information content (AvgIpc) is 2.47. The maximum atomic E-state index is 11.8. The quantitative estimate of drug-likeness (QED) is 0.774. The van der Waals surface area contributed by atoms with Gasteiger partial charge in [-0.1, -0.05) is 45.0 Å². The van der Waals surface area contributed by atoms with Crippen molar-refractivity contribution in [1.29, 1.82) is 0 Å². The molecule has 0 aliphatic rings. The Balaban J connectivity index is 2.52. The Morgan fingerprint density at radius 1 is 1.14 bits per heavy atom. The molecule has 2 amide bonds. The third-order valence-corrected chi connectivity index (χ3v) is 3.86. The van der Waals surface area contributed by atoms with Crippen molar-refractivity contribution in [2.75, 3.05) is 27.2 Å². The molecule has 1 unspecified atom stereocenters. The van der Waals surface area contributed by atoms with Crippen molar-refractivity contribution >= 4 is 6.03 Å². The van der Waals surface area contributed by atoms with Crippen LogP contribution in [0.1, 0.15) is 44.4 Å². The van der Waals surface area contributed by atoms with E-state index >= 15 is 0 Å². The molecule has 0 saturated heterocycles. The number of likely N-dealkylation sites (N-methyl/N-ethyl adjacent to an activating group) is 1. The summed E-state index contributed by atoms with van der Waals surface area (Å²) in [5, 5.41) is 5.88. The largest absolute Gasteiger partial charge is 0.338 e. The van der Waals surface area contributed by atoms with E-state index in [0.29, 0.717) is 12.5 Å². The second-order valence-corrected chi connectivity index (χ2v) is 6.39. The topological polar surface area (TPSA) is 44.4 Å². The Hall–Kier alpha value is -1.55. The van der Waals surface area contributed by atoms with Gasteiger partial charge in [0.25, 0.3) is 0 Å². The van der Waals surface area contributed by atoms with Crippen LogP contribution in [0.5, 0.6) is 0 Å². The van der Waals surface area contributed by atoms with Gasteiger partial charge in [0.2, 0.25) is 0 Å². The van der Waals surface area contributed by atoms with E-state index in [4.69, 9.17) is 0 Å². The number of rotatable bonds is 8. The summed E-state index contributed by atoms with van der Waals surface area (Å²) in [6.07, 6.45) is 2.05. The van der Waals surface area contributed by atoms with Crippen LogP contribution in [0.2, 0.25) is 0 Å². The zero-order valence-electron chi connectivity index (χ0n) is 14.6. The molecule has 0 aliphatic heterocycles. The summed E-state index contributed by atoms with van der Waals surface area (Å²) in [6.45, 7) is 7.79. The van der Waals surface area contributed by atoms with Gasteiger partial charge in [0, 0.05) is 13.1 Å². The minimum Gasteiger partial charge on any atom is -0.338 e. The van der Waals surface area contributed by atoms with Gasteiger partial charge in [0.1, 0.15) is 0 Å². The van der Waals surface area contributed by atoms with Crippen molar-refractivity contribution in [3.05, 3.63) is 35.4 Å². The van der Waals surface area contributed by atoms with Crippen molar-refractivity contribution in [2.24, 2.45) is 5.92 Å². The van der Waals surface area contributed by atoms with Crippen LogP contribution < -0.4 is 10.6 Å². The third-order valence-electron chi connectivity index (χ3n) is 3.86. The molecule has 1 aromatic carbocycles. The van der Waals surface area contributed by atoms with Gasteiger partial charge in [-0.15, -0.1) is 0 Å². The van der Waals surface area contributed by atoms with Gasteiger partial charge in [-0.05, 0) is 44.0 Å². The Kier molecular flexibility index (Phi) is 7.96. The number of nitrogens with one attached hydrogen (secondary N) is 2. The molecule has 0 saturated carbocycles. The summed E-state index contributed by atoms with van der Waals surface area (Å²) < 4.78 is 0. The maximum Gasteiger partial charge on any atom is 0.314 e. The van der Waals surface area contributed by atoms with Crippen molar-refractivity contribution in [2.45, 2.75) is 39.7 Å². The summed E-state index contributed by atoms with van der Waals surface area (Å²) in [5.41, 5.74) is 2.56. The second kappa shape index (κ2) is 9.46. The molecule has 0 fully saturated rings. The number of nitrogens with zero attached hydrogens (tertiary/aromatic N) is 1. The lowest BCUT2D eigenvalue weighted by molar-refractivity contribution is 0.232. The molecule has 0 aromatic heterocycles. The van der Waals surface area contributed by atoms with Gasteiger partial charge in [-0.3, -0.25) is 0 Å². The molecule has 1 atom stereocenters. The number of benzene rings is 1. The standard InChI is InChI=1S/C18H31N3O/c1-6-15-7-9-16(10-8-15)17(21(4)5)13-20-18(22)19-12-11-14(2)3/h7-10,14,17H,6,11-13H2,1-5H3,(H2,19,20,22). The summed E-state index contributed by atoms with van der Waals surface area (Å²) in [6, 6.07) is 8.73. The highest BCUT2D eigenvalue weighted by Gasteiger charge is 2.15. The molecule has 0 bridgehead atoms. The number of aryl methyl sites for hydroxylation is 1. The van der Waals surface area contributed by atoms with E-state index in [-0.39, 0.29) is 12.1 Å². The van der Waals surface area contributed by atoms with Gasteiger partial charge in [0.05, 0.1) is 6.04 Å². The molecule has 22 heavy (non-hydrogen) atoms. The second-order valence-electron chi connectivity index (χ2n) is 6.39. The molecule has 2 N–H and O–H groups in total. The van der Waals surface area contributed by atoms with E-state index < -0.39 is 0 Å². The van der Waals surface area contributed by atoms with E-state index in [1.807, 2.05) is 14.1 Å². The van der Waals surface area contributed by atoms with Crippen LogP contribution in [0, 0.1) is 5.92 Å². The van der Waals surface area contributed by atoms with E-state index in [0.717, 1.165) is 19.4 Å². The molecule has 1 aromatic rings. The summed E-state index contributed by atoms with van der Waals surface area (Å²) in [5.74, 6) is 0.604. The van der Waals surface area contributed by atoms with Crippen LogP contribution in [-0.2, 0) is 6.42 Å². The summed E-state index contributed by atoms with van der Waals surface area (Å²) >= 11 is 0. The molecule has 0 radical (unpaired) electrons. The summed E-state index contributed by atoms with van der Waals surface area (Å²) in [7, 11) is 4.08. The number of hydrogen-bond donors (Lipinski definition) is 2. The van der Waals surface area contributed by atoms with Crippen molar-refractivity contribution in [1.82, 2.24) is 15.5 Å². The number of carbonyl (C=O) groups excluding carboxylic acids is 1. The van der Waals surface area contributed by atoms with Crippen LogP contribution in [0.15, 0.2) is 24.3 Å². The first-order chi connectivity index (χ1) is 10.4. The maximum absolute atomic E-state index is 11.8. The van der Waals surface area contributed by atoms with E-state index in [1.165, 1.54) is 11.1 Å². The predicted molar refractivity (Wildman–Crippen MR) is 93.1 cm³/mol. The Labute approximate surface area is 135 Å². The normalized spacial score (nSPS) is 12.5. The molecule has 0 aliphatic carbocycles. The number of urea groups is 1. The lowest BCUT2D eigenvalue weighted by Crippen LogP contribution is -2.41. The monoisotopic (exact) mass is 305 g/mol. The van der Waals surface area contributed by atoms with Gasteiger partial charge in [-0.25, -0.2) is 4.79 Å². The molecular formula is C18H31N3O. The zero-order chi connectivity index (χ0) is 16.5.